The molecule has 1 aliphatic heterocycles. The monoisotopic (exact) mass is 355 g/mol. The number of hydrogen-bond acceptors (Lipinski definition) is 4. The van der Waals surface area contributed by atoms with Crippen molar-refractivity contribution in [2.24, 2.45) is 0 Å². The molecule has 4 amide bonds. The van der Waals surface area contributed by atoms with Crippen LogP contribution >= 0.6 is 0 Å². The van der Waals surface area contributed by atoms with Gasteiger partial charge in [-0.25, -0.2) is 4.79 Å². The fourth-order valence-corrected chi connectivity index (χ4v) is 2.76. The highest BCUT2D eigenvalue weighted by atomic mass is 16.3. The quantitative estimate of drug-likeness (QED) is 0.828. The molecular formula is C19H21N3O4. The van der Waals surface area contributed by atoms with Crippen molar-refractivity contribution >= 4 is 17.8 Å². The molecule has 0 bridgehead atoms. The summed E-state index contributed by atoms with van der Waals surface area (Å²) in [6.07, 6.45) is 1.41. The van der Waals surface area contributed by atoms with Gasteiger partial charge >= 0.3 is 6.03 Å². The lowest BCUT2D eigenvalue weighted by atomic mass is 9.87. The van der Waals surface area contributed by atoms with Gasteiger partial charge in [-0.15, -0.1) is 0 Å². The topological polar surface area (TPSA) is 91.7 Å². The molecule has 1 aliphatic rings. The van der Waals surface area contributed by atoms with Crippen molar-refractivity contribution in [3.8, 4) is 0 Å². The molecule has 1 fully saturated rings. The van der Waals surface area contributed by atoms with Crippen LogP contribution in [-0.4, -0.2) is 22.9 Å². The summed E-state index contributed by atoms with van der Waals surface area (Å²) in [5, 5.41) is 3.23. The van der Waals surface area contributed by atoms with Crippen molar-refractivity contribution in [2.45, 2.75) is 38.6 Å². The highest BCUT2D eigenvalue weighted by Crippen LogP contribution is 2.28. The van der Waals surface area contributed by atoms with Crippen molar-refractivity contribution in [2.75, 3.05) is 0 Å². The molecule has 2 aromatic rings. The fraction of sp³-hybridized carbons (Fsp3) is 0.316. The third-order valence-corrected chi connectivity index (χ3v) is 4.43. The van der Waals surface area contributed by atoms with Crippen molar-refractivity contribution in [3.05, 3.63) is 59.5 Å². The number of carbonyl (C=O) groups excluding carboxylic acids is 3. The molecule has 0 aliphatic carbocycles. The highest BCUT2D eigenvalue weighted by Gasteiger charge is 2.52. The minimum absolute atomic E-state index is 0.0370. The van der Waals surface area contributed by atoms with Crippen molar-refractivity contribution < 1.29 is 18.8 Å². The number of imide groups is 1. The number of furan rings is 1. The van der Waals surface area contributed by atoms with Crippen molar-refractivity contribution in [1.29, 1.82) is 0 Å². The molecule has 7 nitrogen and oxygen atoms in total. The Morgan fingerprint density at radius 1 is 1.15 bits per heavy atom. The maximum Gasteiger partial charge on any atom is 0.344 e. The van der Waals surface area contributed by atoms with Gasteiger partial charge in [-0.05, 0) is 42.2 Å². The van der Waals surface area contributed by atoms with Gasteiger partial charge in [0.2, 0.25) is 0 Å². The first kappa shape index (κ1) is 17.7. The van der Waals surface area contributed by atoms with Crippen LogP contribution in [-0.2, 0) is 15.7 Å². The van der Waals surface area contributed by atoms with E-state index in [-0.39, 0.29) is 5.41 Å². The Balaban J connectivity index is 1.77. The second-order valence-electron chi connectivity index (χ2n) is 7.44. The average molecular weight is 355 g/mol. The molecule has 136 valence electrons. The van der Waals surface area contributed by atoms with Gasteiger partial charge in [0.25, 0.3) is 11.8 Å². The third kappa shape index (κ3) is 2.96. The Morgan fingerprint density at radius 3 is 2.35 bits per heavy atom. The zero-order chi connectivity index (χ0) is 19.1. The van der Waals surface area contributed by atoms with Crippen LogP contribution in [0, 0.1) is 0 Å². The van der Waals surface area contributed by atoms with Gasteiger partial charge in [-0.1, -0.05) is 32.9 Å². The molecule has 1 aromatic heterocycles. The van der Waals surface area contributed by atoms with E-state index >= 15 is 0 Å². The smallest absolute Gasteiger partial charge is 0.344 e. The zero-order valence-corrected chi connectivity index (χ0v) is 15.1. The van der Waals surface area contributed by atoms with Crippen LogP contribution in [0.2, 0.25) is 0 Å². The van der Waals surface area contributed by atoms with Gasteiger partial charge in [0.05, 0.1) is 6.26 Å². The summed E-state index contributed by atoms with van der Waals surface area (Å²) in [5.41, 5.74) is 2.40. The first-order chi connectivity index (χ1) is 12.1. The van der Waals surface area contributed by atoms with Crippen molar-refractivity contribution in [3.63, 3.8) is 0 Å². The maximum absolute atomic E-state index is 12.7. The summed E-state index contributed by atoms with van der Waals surface area (Å²) >= 11 is 0. The van der Waals surface area contributed by atoms with Gasteiger partial charge in [0.15, 0.2) is 5.54 Å². The summed E-state index contributed by atoms with van der Waals surface area (Å²) in [5.74, 6) is -0.864. The molecule has 7 heteroatoms. The first-order valence-corrected chi connectivity index (χ1v) is 8.25. The normalized spacial score (nSPS) is 20.2. The fourth-order valence-electron chi connectivity index (χ4n) is 2.76. The van der Waals surface area contributed by atoms with E-state index in [2.05, 4.69) is 31.5 Å². The molecule has 0 unspecified atom stereocenters. The van der Waals surface area contributed by atoms with Gasteiger partial charge in [-0.3, -0.25) is 15.0 Å². The highest BCUT2D eigenvalue weighted by molar-refractivity contribution is 6.09. The molecule has 0 saturated carbocycles. The minimum Gasteiger partial charge on any atom is -0.466 e. The molecule has 1 aromatic carbocycles. The third-order valence-electron chi connectivity index (χ3n) is 4.43. The predicted octanol–water partition coefficient (Wildman–Crippen LogP) is 2.69. The van der Waals surface area contributed by atoms with E-state index in [1.807, 2.05) is 12.1 Å². The van der Waals surface area contributed by atoms with Crippen LogP contribution in [0.15, 0.2) is 47.1 Å². The molecular weight excluding hydrogens is 334 g/mol. The Morgan fingerprint density at radius 2 is 1.81 bits per heavy atom. The van der Waals surface area contributed by atoms with Crippen LogP contribution in [0.25, 0.3) is 0 Å². The molecule has 2 N–H and O–H groups in total. The number of nitrogens with zero attached hydrogens (tertiary/aromatic N) is 1. The van der Waals surface area contributed by atoms with Crippen LogP contribution in [0.4, 0.5) is 4.79 Å². The molecule has 26 heavy (non-hydrogen) atoms. The van der Waals surface area contributed by atoms with E-state index in [1.54, 1.807) is 24.3 Å². The van der Waals surface area contributed by atoms with E-state index in [0.717, 1.165) is 5.56 Å². The lowest BCUT2D eigenvalue weighted by Gasteiger charge is -2.20. The van der Waals surface area contributed by atoms with Gasteiger partial charge in [-0.2, -0.15) is 5.01 Å². The number of nitrogens with one attached hydrogen (secondary N) is 2. The lowest BCUT2D eigenvalue weighted by Crippen LogP contribution is -2.47. The van der Waals surface area contributed by atoms with Crippen LogP contribution in [0.3, 0.4) is 0 Å². The Kier molecular flexibility index (Phi) is 4.10. The summed E-state index contributed by atoms with van der Waals surface area (Å²) in [4.78, 5) is 37.3. The number of urea groups is 1. The van der Waals surface area contributed by atoms with Crippen LogP contribution in [0.5, 0.6) is 0 Å². The summed E-state index contributed by atoms with van der Waals surface area (Å²) in [6, 6.07) is 9.54. The number of amides is 4. The number of benzene rings is 1. The average Bonchev–Trinajstić information content (AvgIpc) is 3.19. The second kappa shape index (κ2) is 6.01. The molecule has 1 atom stereocenters. The van der Waals surface area contributed by atoms with Crippen molar-refractivity contribution in [1.82, 2.24) is 15.8 Å². The van der Waals surface area contributed by atoms with Crippen LogP contribution in [0.1, 0.15) is 49.4 Å². The standard InChI is InChI=1S/C19H21N3O4/c1-18(2,3)13-9-7-12(8-10-13)15(23)21-22-16(24)19(4,20-17(22)25)14-6-5-11-26-14/h5-11H,1-4H3,(H,20,25)(H,21,23)/t19-/m0/s1. The van der Waals surface area contributed by atoms with Gasteiger partial charge in [0, 0.05) is 5.56 Å². The Hall–Kier alpha value is -3.09. The van der Waals surface area contributed by atoms with E-state index in [0.29, 0.717) is 16.3 Å². The maximum atomic E-state index is 12.7. The summed E-state index contributed by atoms with van der Waals surface area (Å²) in [7, 11) is 0. The zero-order valence-electron chi connectivity index (χ0n) is 15.1. The number of rotatable bonds is 3. The minimum atomic E-state index is -1.36. The number of hydrogen-bond donors (Lipinski definition) is 2. The van der Waals surface area contributed by atoms with E-state index in [1.165, 1.54) is 13.2 Å². The van der Waals surface area contributed by atoms with Crippen LogP contribution < -0.4 is 10.7 Å². The van der Waals surface area contributed by atoms with Gasteiger partial charge in [0.1, 0.15) is 5.76 Å². The second-order valence-corrected chi connectivity index (χ2v) is 7.44. The molecule has 0 radical (unpaired) electrons. The number of hydrazine groups is 1. The van der Waals surface area contributed by atoms with Gasteiger partial charge < -0.3 is 9.73 Å². The first-order valence-electron chi connectivity index (χ1n) is 8.25. The largest absolute Gasteiger partial charge is 0.466 e. The molecule has 3 rings (SSSR count). The Bertz CT molecular complexity index is 850. The van der Waals surface area contributed by atoms with E-state index in [9.17, 15) is 14.4 Å². The molecule has 2 heterocycles. The van der Waals surface area contributed by atoms with E-state index < -0.39 is 23.4 Å². The SMILES string of the molecule is CC(C)(C)c1ccc(C(=O)NN2C(=O)N[C@@](C)(c3ccco3)C2=O)cc1. The summed E-state index contributed by atoms with van der Waals surface area (Å²) in [6.45, 7) is 7.75. The summed E-state index contributed by atoms with van der Waals surface area (Å²) < 4.78 is 5.25. The predicted molar refractivity (Wildman–Crippen MR) is 94.0 cm³/mol. The molecule has 0 spiro atoms. The Labute approximate surface area is 151 Å². The van der Waals surface area contributed by atoms with E-state index in [4.69, 9.17) is 4.42 Å². The number of carbonyl (C=O) groups is 3. The molecule has 1 saturated heterocycles. The lowest BCUT2D eigenvalue weighted by molar-refractivity contribution is -0.133.